The van der Waals surface area contributed by atoms with Gasteiger partial charge in [0.25, 0.3) is 0 Å². The number of aromatic nitrogens is 2. The second-order valence-corrected chi connectivity index (χ2v) is 9.39. The van der Waals surface area contributed by atoms with Gasteiger partial charge in [-0.1, -0.05) is 36.4 Å². The fraction of sp³-hybridized carbons (Fsp3) is 0.154. The summed E-state index contributed by atoms with van der Waals surface area (Å²) >= 11 is 0. The summed E-state index contributed by atoms with van der Waals surface area (Å²) in [4.78, 5) is 11.9. The van der Waals surface area contributed by atoms with Crippen LogP contribution in [0.25, 0.3) is 0 Å². The van der Waals surface area contributed by atoms with E-state index in [1.165, 1.54) is 0 Å². The quantitative estimate of drug-likeness (QED) is 0.241. The molecule has 0 radical (unpaired) electrons. The normalized spacial score (nSPS) is 11.0. The molecule has 0 saturated heterocycles. The highest BCUT2D eigenvalue weighted by molar-refractivity contribution is 7.62. The van der Waals surface area contributed by atoms with Gasteiger partial charge in [0.2, 0.25) is 5.44 Å². The molecule has 35 heavy (non-hydrogen) atoms. The maximum Gasteiger partial charge on any atom is 0.483 e. The number of hydrogen-bond acceptors (Lipinski definition) is 7. The van der Waals surface area contributed by atoms with Gasteiger partial charge in [-0.2, -0.15) is 5.10 Å². The van der Waals surface area contributed by atoms with Gasteiger partial charge in [-0.15, -0.1) is 0 Å². The van der Waals surface area contributed by atoms with Crippen LogP contribution < -0.4 is 19.8 Å². The maximum atomic E-state index is 14.2. The van der Waals surface area contributed by atoms with Crippen LogP contribution >= 0.6 is 7.60 Å². The first-order valence-electron chi connectivity index (χ1n) is 11.1. The number of rotatable bonds is 10. The monoisotopic (exact) mass is 491 g/mol. The predicted octanol–water partition coefficient (Wildman–Crippen LogP) is 5.19. The number of nitrogens with zero attached hydrogens (tertiary/aromatic N) is 2. The molecule has 0 aliphatic heterocycles. The van der Waals surface area contributed by atoms with Crippen molar-refractivity contribution in [1.29, 1.82) is 0 Å². The number of anilines is 1. The molecule has 0 amide bonds. The van der Waals surface area contributed by atoms with Gasteiger partial charge in [0.1, 0.15) is 11.5 Å². The van der Waals surface area contributed by atoms with Crippen LogP contribution in [0.3, 0.4) is 0 Å². The molecule has 4 rings (SSSR count). The van der Waals surface area contributed by atoms with Crippen LogP contribution in [-0.4, -0.2) is 22.4 Å². The lowest BCUT2D eigenvalue weighted by Gasteiger charge is -2.19. The van der Waals surface area contributed by atoms with Gasteiger partial charge >= 0.3 is 13.6 Å². The van der Waals surface area contributed by atoms with Gasteiger partial charge in [-0.25, -0.2) is 9.36 Å². The molecule has 4 aromatic rings. The van der Waals surface area contributed by atoms with E-state index in [1.54, 1.807) is 97.6 Å². The third kappa shape index (κ3) is 6.11. The van der Waals surface area contributed by atoms with E-state index < -0.39 is 7.60 Å². The third-order valence-electron chi connectivity index (χ3n) is 4.96. The van der Waals surface area contributed by atoms with E-state index in [0.717, 1.165) is 5.69 Å². The molecule has 8 nitrogen and oxygen atoms in total. The number of hydrogen-bond donors (Lipinski definition) is 1. The van der Waals surface area contributed by atoms with Crippen molar-refractivity contribution in [3.05, 3.63) is 102 Å². The summed E-state index contributed by atoms with van der Waals surface area (Å²) < 4.78 is 32.7. The van der Waals surface area contributed by atoms with Crippen LogP contribution in [0.5, 0.6) is 11.5 Å². The van der Waals surface area contributed by atoms with Crippen molar-refractivity contribution in [3.63, 3.8) is 0 Å². The Labute approximate surface area is 204 Å². The molecule has 9 heteroatoms. The van der Waals surface area contributed by atoms with E-state index in [-0.39, 0.29) is 11.4 Å². The lowest BCUT2D eigenvalue weighted by molar-refractivity contribution is 0.0526. The lowest BCUT2D eigenvalue weighted by atomic mass is 10.2. The number of carbonyl (C=O) groups is 1. The number of carbonyl (C=O) groups excluding carboxylic acids is 1. The number of ether oxygens (including phenoxy) is 1. The van der Waals surface area contributed by atoms with Crippen LogP contribution in [0.2, 0.25) is 0 Å². The van der Waals surface area contributed by atoms with Gasteiger partial charge < -0.3 is 19.1 Å². The largest absolute Gasteiger partial charge is 0.483 e. The van der Waals surface area contributed by atoms with Crippen molar-refractivity contribution in [2.45, 2.75) is 13.5 Å². The topological polar surface area (TPSA) is 91.7 Å². The Kier molecular flexibility index (Phi) is 7.53. The van der Waals surface area contributed by atoms with Gasteiger partial charge in [0.05, 0.1) is 12.2 Å². The van der Waals surface area contributed by atoms with Gasteiger partial charge in [0.15, 0.2) is 0 Å². The van der Waals surface area contributed by atoms with E-state index in [4.69, 9.17) is 13.8 Å². The molecular weight excluding hydrogens is 465 g/mol. The summed E-state index contributed by atoms with van der Waals surface area (Å²) in [5, 5.41) is 7.72. The molecule has 1 N–H and O–H groups in total. The second-order valence-electron chi connectivity index (χ2n) is 7.61. The molecule has 0 unspecified atom stereocenters. The van der Waals surface area contributed by atoms with Crippen LogP contribution in [0.1, 0.15) is 22.8 Å². The van der Waals surface area contributed by atoms with Crippen molar-refractivity contribution in [2.24, 2.45) is 7.05 Å². The molecular formula is C26H26N3O5P. The zero-order valence-electron chi connectivity index (χ0n) is 19.5. The summed E-state index contributed by atoms with van der Waals surface area (Å²) in [5.41, 5.74) is 2.10. The Bertz CT molecular complexity index is 1260. The zero-order chi connectivity index (χ0) is 24.7. The lowest BCUT2D eigenvalue weighted by Crippen LogP contribution is -2.21. The maximum absolute atomic E-state index is 14.2. The SMILES string of the molecule is CCOC(=O)c1ccc(NCc2cn(C)nc2P(=O)(Oc2ccccc2)Oc2ccccc2)cc1. The summed E-state index contributed by atoms with van der Waals surface area (Å²) in [7, 11) is -2.17. The molecule has 0 atom stereocenters. The molecule has 0 aliphatic rings. The number of nitrogens with one attached hydrogen (secondary N) is 1. The molecule has 0 spiro atoms. The summed E-state index contributed by atoms with van der Waals surface area (Å²) in [5.74, 6) is 0.447. The third-order valence-corrected chi connectivity index (χ3v) is 6.76. The van der Waals surface area contributed by atoms with Gasteiger partial charge in [-0.05, 0) is 55.5 Å². The van der Waals surface area contributed by atoms with E-state index in [9.17, 15) is 9.36 Å². The highest BCUT2D eigenvalue weighted by atomic mass is 31.2. The molecule has 0 bridgehead atoms. The fourth-order valence-electron chi connectivity index (χ4n) is 3.36. The standard InChI is InChI=1S/C26H26N3O5P/c1-3-32-26(30)20-14-16-22(17-15-20)27-18-21-19-29(2)28-25(21)35(31,33-23-10-6-4-7-11-23)34-24-12-8-5-9-13-24/h4-17,19,27H,3,18H2,1-2H3. The van der Waals surface area contributed by atoms with Gasteiger partial charge in [-0.3, -0.25) is 4.68 Å². The minimum Gasteiger partial charge on any atom is -0.462 e. The molecule has 1 heterocycles. The first kappa shape index (κ1) is 24.1. The first-order valence-corrected chi connectivity index (χ1v) is 12.6. The smallest absolute Gasteiger partial charge is 0.462 e. The van der Waals surface area contributed by atoms with E-state index in [2.05, 4.69) is 10.4 Å². The molecule has 3 aromatic carbocycles. The average molecular weight is 491 g/mol. The highest BCUT2D eigenvalue weighted by Gasteiger charge is 2.37. The van der Waals surface area contributed by atoms with E-state index >= 15 is 0 Å². The number of aryl methyl sites for hydroxylation is 1. The molecule has 0 fully saturated rings. The molecule has 0 saturated carbocycles. The first-order chi connectivity index (χ1) is 17.0. The Morgan fingerprint density at radius 1 is 0.914 bits per heavy atom. The van der Waals surface area contributed by atoms with Crippen LogP contribution in [0.4, 0.5) is 5.69 Å². The summed E-state index contributed by atoms with van der Waals surface area (Å²) in [6.45, 7) is 2.39. The van der Waals surface area contributed by atoms with Crippen molar-refractivity contribution >= 4 is 24.7 Å². The summed E-state index contributed by atoms with van der Waals surface area (Å²) in [6.07, 6.45) is 1.77. The van der Waals surface area contributed by atoms with Crippen molar-refractivity contribution in [1.82, 2.24) is 9.78 Å². The Morgan fingerprint density at radius 2 is 1.49 bits per heavy atom. The van der Waals surface area contributed by atoms with Crippen LogP contribution in [-0.2, 0) is 22.9 Å². The minimum atomic E-state index is -3.92. The van der Waals surface area contributed by atoms with E-state index in [0.29, 0.717) is 35.8 Å². The Morgan fingerprint density at radius 3 is 2.03 bits per heavy atom. The van der Waals surface area contributed by atoms with Crippen LogP contribution in [0, 0.1) is 0 Å². The number of para-hydroxylation sites is 2. The minimum absolute atomic E-state index is 0.211. The average Bonchev–Trinajstić information content (AvgIpc) is 3.26. The van der Waals surface area contributed by atoms with Crippen LogP contribution in [0.15, 0.2) is 91.1 Å². The Balaban J connectivity index is 1.59. The predicted molar refractivity (Wildman–Crippen MR) is 134 cm³/mol. The van der Waals surface area contributed by atoms with Crippen molar-refractivity contribution in [3.8, 4) is 11.5 Å². The van der Waals surface area contributed by atoms with E-state index in [1.807, 2.05) is 12.1 Å². The van der Waals surface area contributed by atoms with Crippen molar-refractivity contribution in [2.75, 3.05) is 11.9 Å². The zero-order valence-corrected chi connectivity index (χ0v) is 20.4. The summed E-state index contributed by atoms with van der Waals surface area (Å²) in [6, 6.07) is 24.7. The number of esters is 1. The molecule has 0 aliphatic carbocycles. The number of benzene rings is 3. The fourth-order valence-corrected chi connectivity index (χ4v) is 5.11. The molecule has 1 aromatic heterocycles. The Hall–Kier alpha value is -4.03. The molecule has 180 valence electrons. The second kappa shape index (κ2) is 10.9. The van der Waals surface area contributed by atoms with Gasteiger partial charge in [0, 0.05) is 31.0 Å². The van der Waals surface area contributed by atoms with Crippen molar-refractivity contribution < 1.29 is 23.1 Å². The highest BCUT2D eigenvalue weighted by Crippen LogP contribution is 2.47.